The van der Waals surface area contributed by atoms with Gasteiger partial charge in [-0.3, -0.25) is 0 Å². The highest BCUT2D eigenvalue weighted by Gasteiger charge is 1.94. The summed E-state index contributed by atoms with van der Waals surface area (Å²) >= 11 is 0. The number of hydrogen-bond acceptors (Lipinski definition) is 0. The first-order valence-electron chi connectivity index (χ1n) is 8.23. The van der Waals surface area contributed by atoms with E-state index in [9.17, 15) is 0 Å². The fourth-order valence-electron chi connectivity index (χ4n) is 2.28. The lowest BCUT2D eigenvalue weighted by Crippen LogP contribution is -1.90. The van der Waals surface area contributed by atoms with Gasteiger partial charge in [-0.05, 0) is 0 Å². The fraction of sp³-hybridized carbons (Fsp3) is 1.00. The van der Waals surface area contributed by atoms with Crippen LogP contribution in [0.15, 0.2) is 0 Å². The topological polar surface area (TPSA) is 0 Å². The van der Waals surface area contributed by atoms with Crippen molar-refractivity contribution in [3.05, 3.63) is 0 Å². The van der Waals surface area contributed by atoms with Crippen molar-refractivity contribution in [3.8, 4) is 0 Å². The Kier molecular flexibility index (Phi) is 22.6. The molecular formula is C16H35BCl. The van der Waals surface area contributed by atoms with E-state index in [4.69, 9.17) is 0 Å². The van der Waals surface area contributed by atoms with Crippen molar-refractivity contribution in [2.75, 3.05) is 0 Å². The minimum atomic E-state index is 0. The van der Waals surface area contributed by atoms with Crippen LogP contribution >= 0.6 is 12.4 Å². The molecule has 0 aliphatic heterocycles. The van der Waals surface area contributed by atoms with E-state index in [1.54, 1.807) is 0 Å². The molecule has 0 aromatic heterocycles. The van der Waals surface area contributed by atoms with Crippen molar-refractivity contribution >= 4 is 19.7 Å². The summed E-state index contributed by atoms with van der Waals surface area (Å²) in [6.07, 6.45) is 19.9. The zero-order valence-electron chi connectivity index (χ0n) is 12.9. The zero-order valence-corrected chi connectivity index (χ0v) is 13.7. The molecule has 0 atom stereocenters. The molecule has 0 spiro atoms. The number of rotatable bonds is 14. The molecule has 0 N–H and O–H groups in total. The van der Waals surface area contributed by atoms with Gasteiger partial charge in [0.25, 0.3) is 0 Å². The lowest BCUT2D eigenvalue weighted by atomic mass is 9.68. The maximum atomic E-state index is 2.53. The van der Waals surface area contributed by atoms with Crippen molar-refractivity contribution in [2.24, 2.45) is 0 Å². The molecule has 2 heteroatoms. The Labute approximate surface area is 123 Å². The molecule has 18 heavy (non-hydrogen) atoms. The Morgan fingerprint density at radius 2 is 0.833 bits per heavy atom. The summed E-state index contributed by atoms with van der Waals surface area (Å²) in [4.78, 5) is 0. The highest BCUT2D eigenvalue weighted by molar-refractivity contribution is 6.35. The SMILES string of the molecule is CCCCCCCC[B]CCCCCCCC.Cl. The Bertz CT molecular complexity index is 114. The largest absolute Gasteiger partial charge is 0.147 e. The fourth-order valence-corrected chi connectivity index (χ4v) is 2.28. The van der Waals surface area contributed by atoms with Crippen LogP contribution in [0.2, 0.25) is 12.6 Å². The summed E-state index contributed by atoms with van der Waals surface area (Å²) in [5, 5.41) is 0. The molecule has 109 valence electrons. The van der Waals surface area contributed by atoms with Gasteiger partial charge in [0, 0.05) is 0 Å². The maximum Gasteiger partial charge on any atom is 0.109 e. The predicted molar refractivity (Wildman–Crippen MR) is 89.4 cm³/mol. The first-order valence-corrected chi connectivity index (χ1v) is 8.23. The van der Waals surface area contributed by atoms with Crippen molar-refractivity contribution < 1.29 is 0 Å². The monoisotopic (exact) mass is 273 g/mol. The van der Waals surface area contributed by atoms with E-state index in [1.165, 1.54) is 89.7 Å². The van der Waals surface area contributed by atoms with Crippen LogP contribution in [0.1, 0.15) is 90.9 Å². The standard InChI is InChI=1S/C16H34B.ClH/c1-3-5-7-9-11-13-15-17-16-14-12-10-8-6-4-2;/h3-16H2,1-2H3;1H. The Morgan fingerprint density at radius 3 is 1.22 bits per heavy atom. The summed E-state index contributed by atoms with van der Waals surface area (Å²) in [6, 6.07) is 0. The average Bonchev–Trinajstić information content (AvgIpc) is 2.35. The van der Waals surface area contributed by atoms with E-state index in [2.05, 4.69) is 21.1 Å². The van der Waals surface area contributed by atoms with Crippen LogP contribution in [0.5, 0.6) is 0 Å². The van der Waals surface area contributed by atoms with E-state index >= 15 is 0 Å². The van der Waals surface area contributed by atoms with Crippen LogP contribution in [-0.4, -0.2) is 7.28 Å². The molecular weight excluding hydrogens is 238 g/mol. The van der Waals surface area contributed by atoms with E-state index in [-0.39, 0.29) is 12.4 Å². The van der Waals surface area contributed by atoms with E-state index in [1.807, 2.05) is 0 Å². The third kappa shape index (κ3) is 18.7. The van der Waals surface area contributed by atoms with Gasteiger partial charge in [-0.1, -0.05) is 104 Å². The molecule has 0 aromatic carbocycles. The third-order valence-electron chi connectivity index (χ3n) is 3.52. The lowest BCUT2D eigenvalue weighted by molar-refractivity contribution is 0.618. The molecule has 0 rings (SSSR count). The second-order valence-electron chi connectivity index (χ2n) is 5.40. The van der Waals surface area contributed by atoms with Crippen LogP contribution in [0, 0.1) is 0 Å². The molecule has 0 heterocycles. The van der Waals surface area contributed by atoms with E-state index < -0.39 is 0 Å². The first-order chi connectivity index (χ1) is 8.41. The molecule has 0 saturated heterocycles. The first kappa shape index (κ1) is 20.7. The highest BCUT2D eigenvalue weighted by atomic mass is 35.5. The molecule has 1 radical (unpaired) electrons. The Balaban J connectivity index is 0. The van der Waals surface area contributed by atoms with Gasteiger partial charge in [0.05, 0.1) is 0 Å². The summed E-state index contributed by atoms with van der Waals surface area (Å²) in [7, 11) is 2.53. The van der Waals surface area contributed by atoms with Crippen LogP contribution in [0.25, 0.3) is 0 Å². The third-order valence-corrected chi connectivity index (χ3v) is 3.52. The van der Waals surface area contributed by atoms with Gasteiger partial charge in [-0.2, -0.15) is 0 Å². The van der Waals surface area contributed by atoms with Crippen molar-refractivity contribution in [3.63, 3.8) is 0 Å². The summed E-state index contributed by atoms with van der Waals surface area (Å²) < 4.78 is 0. The van der Waals surface area contributed by atoms with Crippen molar-refractivity contribution in [2.45, 2.75) is 104 Å². The molecule has 0 unspecified atom stereocenters. The predicted octanol–water partition coefficient (Wildman–Crippen LogP) is 6.67. The molecule has 0 fully saturated rings. The molecule has 0 nitrogen and oxygen atoms in total. The van der Waals surface area contributed by atoms with Gasteiger partial charge in [0.15, 0.2) is 0 Å². The number of unbranched alkanes of at least 4 members (excludes halogenated alkanes) is 10. The molecule has 0 amide bonds. The molecule has 0 aliphatic carbocycles. The van der Waals surface area contributed by atoms with Gasteiger partial charge < -0.3 is 0 Å². The lowest BCUT2D eigenvalue weighted by Gasteiger charge is -2.01. The minimum Gasteiger partial charge on any atom is -0.147 e. The average molecular weight is 274 g/mol. The number of halogens is 1. The number of hydrogen-bond donors (Lipinski definition) is 0. The smallest absolute Gasteiger partial charge is 0.109 e. The van der Waals surface area contributed by atoms with E-state index in [0.717, 1.165) is 0 Å². The highest BCUT2D eigenvalue weighted by Crippen LogP contribution is 2.10. The molecule has 0 saturated carbocycles. The zero-order chi connectivity index (χ0) is 12.6. The summed E-state index contributed by atoms with van der Waals surface area (Å²) in [5.74, 6) is 0. The molecule has 0 aromatic rings. The second kappa shape index (κ2) is 19.7. The van der Waals surface area contributed by atoms with Gasteiger partial charge in [-0.25, -0.2) is 0 Å². The van der Waals surface area contributed by atoms with E-state index in [0.29, 0.717) is 0 Å². The van der Waals surface area contributed by atoms with Crippen molar-refractivity contribution in [1.82, 2.24) is 0 Å². The summed E-state index contributed by atoms with van der Waals surface area (Å²) in [6.45, 7) is 4.57. The molecule has 0 bridgehead atoms. The van der Waals surface area contributed by atoms with Gasteiger partial charge in [-0.15, -0.1) is 12.4 Å². The van der Waals surface area contributed by atoms with Gasteiger partial charge >= 0.3 is 0 Å². The van der Waals surface area contributed by atoms with Crippen molar-refractivity contribution in [1.29, 1.82) is 0 Å². The molecule has 0 aliphatic rings. The van der Waals surface area contributed by atoms with Gasteiger partial charge in [0.1, 0.15) is 7.28 Å². The normalized spacial score (nSPS) is 10.1. The maximum absolute atomic E-state index is 2.53. The quantitative estimate of drug-likeness (QED) is 0.245. The van der Waals surface area contributed by atoms with Gasteiger partial charge in [0.2, 0.25) is 0 Å². The Hall–Kier alpha value is 0.355. The van der Waals surface area contributed by atoms with Crippen LogP contribution in [-0.2, 0) is 0 Å². The van der Waals surface area contributed by atoms with Crippen LogP contribution < -0.4 is 0 Å². The summed E-state index contributed by atoms with van der Waals surface area (Å²) in [5.41, 5.74) is 0. The van der Waals surface area contributed by atoms with Crippen LogP contribution in [0.4, 0.5) is 0 Å². The van der Waals surface area contributed by atoms with Crippen LogP contribution in [0.3, 0.4) is 0 Å². The minimum absolute atomic E-state index is 0. The second-order valence-corrected chi connectivity index (χ2v) is 5.40. The Morgan fingerprint density at radius 1 is 0.500 bits per heavy atom.